The monoisotopic (exact) mass is 367 g/mol. The van der Waals surface area contributed by atoms with E-state index in [2.05, 4.69) is 5.16 Å². The molecule has 1 aromatic heterocycles. The Labute approximate surface area is 144 Å². The number of hydrogen-bond acceptors (Lipinski definition) is 5. The number of amides is 1. The fourth-order valence-corrected chi connectivity index (χ4v) is 3.42. The predicted octanol–water partition coefficient (Wildman–Crippen LogP) is 1.43. The number of carbonyl (C=O) groups is 1. The minimum absolute atomic E-state index is 0.0894. The number of hydrogen-bond donors (Lipinski definition) is 1. The summed E-state index contributed by atoms with van der Waals surface area (Å²) in [5.74, 6) is -0.164. The summed E-state index contributed by atoms with van der Waals surface area (Å²) in [6.07, 6.45) is 0.745. The maximum Gasteiger partial charge on any atom is 0.222 e. The van der Waals surface area contributed by atoms with Gasteiger partial charge in [0.05, 0.1) is 12.3 Å². The van der Waals surface area contributed by atoms with Crippen LogP contribution in [0, 0.1) is 5.82 Å². The molecule has 2 heterocycles. The second-order valence-electron chi connectivity index (χ2n) is 5.95. The van der Waals surface area contributed by atoms with E-state index in [9.17, 15) is 17.6 Å². The molecule has 1 amide bonds. The molecule has 0 saturated heterocycles. The smallest absolute Gasteiger partial charge is 0.222 e. The van der Waals surface area contributed by atoms with Gasteiger partial charge in [-0.3, -0.25) is 4.79 Å². The van der Waals surface area contributed by atoms with Crippen molar-refractivity contribution in [3.63, 3.8) is 0 Å². The van der Waals surface area contributed by atoms with Crippen molar-refractivity contribution >= 4 is 15.9 Å². The molecule has 0 radical (unpaired) electrons. The van der Waals surface area contributed by atoms with Gasteiger partial charge in [0.2, 0.25) is 15.9 Å². The van der Waals surface area contributed by atoms with Crippen LogP contribution in [0.4, 0.5) is 4.39 Å². The number of primary sulfonamides is 1. The van der Waals surface area contributed by atoms with E-state index in [1.54, 1.807) is 23.1 Å². The zero-order chi connectivity index (χ0) is 18.0. The Kier molecular flexibility index (Phi) is 4.87. The Hall–Kier alpha value is -2.26. The Balaban J connectivity index is 1.74. The second kappa shape index (κ2) is 6.93. The van der Waals surface area contributed by atoms with Gasteiger partial charge < -0.3 is 9.42 Å². The van der Waals surface area contributed by atoms with Crippen LogP contribution in [0.15, 0.2) is 28.8 Å². The summed E-state index contributed by atoms with van der Waals surface area (Å²) in [6.45, 7) is 0.712. The lowest BCUT2D eigenvalue weighted by molar-refractivity contribution is -0.132. The Bertz CT molecular complexity index is 895. The average Bonchev–Trinajstić information content (AvgIpc) is 2.97. The van der Waals surface area contributed by atoms with E-state index in [1.165, 1.54) is 6.07 Å². The number of carbonyl (C=O) groups excluding carboxylic acids is 1. The molecule has 0 bridgehead atoms. The number of aromatic nitrogens is 1. The van der Waals surface area contributed by atoms with Gasteiger partial charge in [0.1, 0.15) is 17.3 Å². The normalized spacial score (nSPS) is 14.4. The highest BCUT2D eigenvalue weighted by Crippen LogP contribution is 2.31. The van der Waals surface area contributed by atoms with Gasteiger partial charge in [0.25, 0.3) is 0 Å². The van der Waals surface area contributed by atoms with Gasteiger partial charge in [0.15, 0.2) is 0 Å². The molecule has 0 atom stereocenters. The average molecular weight is 367 g/mol. The third kappa shape index (κ3) is 4.05. The van der Waals surface area contributed by atoms with E-state index in [0.29, 0.717) is 35.5 Å². The van der Waals surface area contributed by atoms with E-state index >= 15 is 0 Å². The molecular weight excluding hydrogens is 349 g/mol. The van der Waals surface area contributed by atoms with Crippen LogP contribution in [-0.2, 0) is 27.8 Å². The van der Waals surface area contributed by atoms with Crippen LogP contribution in [0.25, 0.3) is 11.3 Å². The van der Waals surface area contributed by atoms with Crippen molar-refractivity contribution in [2.24, 2.45) is 5.14 Å². The van der Waals surface area contributed by atoms with Crippen LogP contribution in [0.1, 0.15) is 24.2 Å². The summed E-state index contributed by atoms with van der Waals surface area (Å²) in [5.41, 5.74) is 1.42. The van der Waals surface area contributed by atoms with Gasteiger partial charge in [-0.05, 0) is 18.6 Å². The number of rotatable bonds is 5. The minimum Gasteiger partial charge on any atom is -0.360 e. The highest BCUT2D eigenvalue weighted by Gasteiger charge is 2.28. The number of benzene rings is 1. The van der Waals surface area contributed by atoms with E-state index in [1.807, 2.05) is 0 Å². The second-order valence-corrected chi connectivity index (χ2v) is 7.68. The Morgan fingerprint density at radius 3 is 2.84 bits per heavy atom. The number of nitrogens with two attached hydrogens (primary N) is 1. The molecule has 2 aromatic rings. The van der Waals surface area contributed by atoms with Gasteiger partial charge in [-0.1, -0.05) is 17.3 Å². The minimum atomic E-state index is -3.58. The third-order valence-electron chi connectivity index (χ3n) is 4.13. The largest absolute Gasteiger partial charge is 0.360 e. The number of nitrogens with zero attached hydrogens (tertiary/aromatic N) is 2. The molecule has 7 nitrogen and oxygen atoms in total. The summed E-state index contributed by atoms with van der Waals surface area (Å²) in [5, 5.41) is 8.91. The first-order chi connectivity index (χ1) is 11.8. The predicted molar refractivity (Wildman–Crippen MR) is 88.2 cm³/mol. The van der Waals surface area contributed by atoms with Crippen LogP contribution in [-0.4, -0.2) is 36.7 Å². The fraction of sp³-hybridized carbons (Fsp3) is 0.375. The first kappa shape index (κ1) is 17.6. The molecule has 0 spiro atoms. The fourth-order valence-electron chi connectivity index (χ4n) is 2.87. The van der Waals surface area contributed by atoms with Gasteiger partial charge in [-0.2, -0.15) is 0 Å². The summed E-state index contributed by atoms with van der Waals surface area (Å²) in [6, 6.07) is 6.25. The Morgan fingerprint density at radius 1 is 1.36 bits per heavy atom. The molecule has 25 heavy (non-hydrogen) atoms. The maximum atomic E-state index is 14.0. The van der Waals surface area contributed by atoms with Crippen LogP contribution < -0.4 is 5.14 Å². The van der Waals surface area contributed by atoms with Crippen LogP contribution in [0.3, 0.4) is 0 Å². The standard InChI is InChI=1S/C16H18FN3O4S/c17-13-5-2-1-4-11(13)16-12-10-20(8-7-14(12)24-19-16)15(21)6-3-9-25(18,22)23/h1-2,4-5H,3,6-10H2,(H2,18,22,23). The number of fused-ring (bicyclic) bond motifs is 1. The zero-order valence-electron chi connectivity index (χ0n) is 13.4. The molecule has 1 aromatic carbocycles. The topological polar surface area (TPSA) is 106 Å². The highest BCUT2D eigenvalue weighted by atomic mass is 32.2. The van der Waals surface area contributed by atoms with Gasteiger partial charge >= 0.3 is 0 Å². The van der Waals surface area contributed by atoms with Crippen molar-refractivity contribution in [3.05, 3.63) is 41.4 Å². The van der Waals surface area contributed by atoms with E-state index in [-0.39, 0.29) is 31.0 Å². The molecule has 0 saturated carbocycles. The molecule has 3 rings (SSSR count). The summed E-state index contributed by atoms with van der Waals surface area (Å²) in [7, 11) is -3.58. The van der Waals surface area contributed by atoms with Crippen LogP contribution in [0.5, 0.6) is 0 Å². The lowest BCUT2D eigenvalue weighted by Gasteiger charge is -2.26. The van der Waals surface area contributed by atoms with Crippen molar-refractivity contribution < 1.29 is 22.1 Å². The molecule has 9 heteroatoms. The molecule has 1 aliphatic heterocycles. The van der Waals surface area contributed by atoms with Crippen molar-refractivity contribution in [1.29, 1.82) is 0 Å². The van der Waals surface area contributed by atoms with Gasteiger partial charge in [-0.25, -0.2) is 17.9 Å². The van der Waals surface area contributed by atoms with Gasteiger partial charge in [0, 0.05) is 30.5 Å². The lowest BCUT2D eigenvalue weighted by Crippen LogP contribution is -2.35. The van der Waals surface area contributed by atoms with E-state index < -0.39 is 15.8 Å². The first-order valence-corrected chi connectivity index (χ1v) is 9.57. The summed E-state index contributed by atoms with van der Waals surface area (Å²) < 4.78 is 41.2. The SMILES string of the molecule is NS(=O)(=O)CCCC(=O)N1CCc2onc(-c3ccccc3F)c2C1. The highest BCUT2D eigenvalue weighted by molar-refractivity contribution is 7.89. The van der Waals surface area contributed by atoms with Crippen molar-refractivity contribution in [2.45, 2.75) is 25.8 Å². The zero-order valence-corrected chi connectivity index (χ0v) is 14.3. The van der Waals surface area contributed by atoms with Crippen molar-refractivity contribution in [2.75, 3.05) is 12.3 Å². The number of halogens is 1. The molecule has 134 valence electrons. The molecule has 0 fully saturated rings. The summed E-state index contributed by atoms with van der Waals surface area (Å²) in [4.78, 5) is 13.9. The van der Waals surface area contributed by atoms with Crippen LogP contribution >= 0.6 is 0 Å². The lowest BCUT2D eigenvalue weighted by atomic mass is 10.0. The summed E-state index contributed by atoms with van der Waals surface area (Å²) >= 11 is 0. The Morgan fingerprint density at radius 2 is 2.12 bits per heavy atom. The molecule has 1 aliphatic rings. The third-order valence-corrected chi connectivity index (χ3v) is 4.99. The van der Waals surface area contributed by atoms with E-state index in [4.69, 9.17) is 9.66 Å². The number of sulfonamides is 1. The van der Waals surface area contributed by atoms with Crippen molar-refractivity contribution in [1.82, 2.24) is 10.1 Å². The molecule has 0 aliphatic carbocycles. The maximum absolute atomic E-state index is 14.0. The first-order valence-electron chi connectivity index (χ1n) is 7.86. The van der Waals surface area contributed by atoms with Gasteiger partial charge in [-0.15, -0.1) is 0 Å². The quantitative estimate of drug-likeness (QED) is 0.860. The molecule has 2 N–H and O–H groups in total. The van der Waals surface area contributed by atoms with Crippen LogP contribution in [0.2, 0.25) is 0 Å². The van der Waals surface area contributed by atoms with E-state index in [0.717, 1.165) is 0 Å². The molecule has 0 unspecified atom stereocenters. The van der Waals surface area contributed by atoms with Crippen molar-refractivity contribution in [3.8, 4) is 11.3 Å². The molecular formula is C16H18FN3O4S.